The highest BCUT2D eigenvalue weighted by Crippen LogP contribution is 2.34. The van der Waals surface area contributed by atoms with E-state index in [-0.39, 0.29) is 11.9 Å². The van der Waals surface area contributed by atoms with E-state index in [4.69, 9.17) is 16.0 Å². The van der Waals surface area contributed by atoms with Gasteiger partial charge in [0.2, 0.25) is 0 Å². The minimum Gasteiger partial charge on any atom is -0.457 e. The van der Waals surface area contributed by atoms with Crippen LogP contribution in [0.1, 0.15) is 22.7 Å². The molecule has 1 unspecified atom stereocenters. The fraction of sp³-hybridized carbons (Fsp3) is 0.231. The summed E-state index contributed by atoms with van der Waals surface area (Å²) in [6.45, 7) is 1.71. The van der Waals surface area contributed by atoms with Gasteiger partial charge in [0.25, 0.3) is 0 Å². The van der Waals surface area contributed by atoms with Gasteiger partial charge in [-0.15, -0.1) is 0 Å². The van der Waals surface area contributed by atoms with Gasteiger partial charge in [-0.1, -0.05) is 11.6 Å². The average Bonchev–Trinajstić information content (AvgIpc) is 2.73. The Balaban J connectivity index is 2.52. The lowest BCUT2D eigenvalue weighted by molar-refractivity contribution is 0.530. The van der Waals surface area contributed by atoms with Crippen molar-refractivity contribution in [1.29, 1.82) is 0 Å². The number of hydrogen-bond donors (Lipinski definition) is 1. The second kappa shape index (κ2) is 5.43. The van der Waals surface area contributed by atoms with Gasteiger partial charge in [-0.05, 0) is 59.2 Å². The van der Waals surface area contributed by atoms with E-state index in [1.807, 2.05) is 13.1 Å². The molecule has 2 nitrogen and oxygen atoms in total. The molecule has 18 heavy (non-hydrogen) atoms. The lowest BCUT2D eigenvalue weighted by Gasteiger charge is -2.18. The molecule has 0 amide bonds. The van der Waals surface area contributed by atoms with Crippen LogP contribution in [0.25, 0.3) is 0 Å². The number of aryl methyl sites for hydroxylation is 1. The van der Waals surface area contributed by atoms with E-state index in [0.29, 0.717) is 15.3 Å². The summed E-state index contributed by atoms with van der Waals surface area (Å²) in [5.74, 6) is -0.301. The smallest absolute Gasteiger partial charge is 0.174 e. The zero-order valence-electron chi connectivity index (χ0n) is 9.93. The molecule has 0 aliphatic heterocycles. The molecule has 0 spiro atoms. The number of benzene rings is 1. The molecule has 1 atom stereocenters. The first-order valence-corrected chi connectivity index (χ1v) is 6.57. The van der Waals surface area contributed by atoms with Crippen molar-refractivity contribution in [2.45, 2.75) is 13.0 Å². The summed E-state index contributed by atoms with van der Waals surface area (Å²) in [5.41, 5.74) is 2.31. The van der Waals surface area contributed by atoms with Crippen LogP contribution in [-0.4, -0.2) is 7.05 Å². The standard InChI is InChI=1S/C13H12BrClFNO/c1-7-5-9(10(15)6-11(7)16)12(17-2)8-3-4-18-13(8)14/h3-6,12,17H,1-2H3. The maximum Gasteiger partial charge on any atom is 0.174 e. The first-order valence-electron chi connectivity index (χ1n) is 5.40. The monoisotopic (exact) mass is 331 g/mol. The summed E-state index contributed by atoms with van der Waals surface area (Å²) in [7, 11) is 1.82. The van der Waals surface area contributed by atoms with E-state index in [0.717, 1.165) is 11.1 Å². The number of halogens is 3. The molecule has 1 aromatic carbocycles. The summed E-state index contributed by atoms with van der Waals surface area (Å²) in [4.78, 5) is 0. The molecule has 0 aliphatic carbocycles. The van der Waals surface area contributed by atoms with Gasteiger partial charge in [0.1, 0.15) is 5.82 Å². The molecule has 2 aromatic rings. The van der Waals surface area contributed by atoms with Crippen molar-refractivity contribution in [2.75, 3.05) is 7.05 Å². The first-order chi connectivity index (χ1) is 8.54. The molecule has 1 aromatic heterocycles. The normalized spacial score (nSPS) is 12.7. The third-order valence-electron chi connectivity index (χ3n) is 2.83. The molecule has 1 heterocycles. The van der Waals surface area contributed by atoms with Crippen molar-refractivity contribution in [2.24, 2.45) is 0 Å². The summed E-state index contributed by atoms with van der Waals surface area (Å²) in [6, 6.07) is 4.79. The summed E-state index contributed by atoms with van der Waals surface area (Å²) in [6.07, 6.45) is 1.59. The summed E-state index contributed by atoms with van der Waals surface area (Å²) in [5, 5.41) is 3.55. The van der Waals surface area contributed by atoms with Crippen LogP contribution in [0.4, 0.5) is 4.39 Å². The maximum atomic E-state index is 13.4. The van der Waals surface area contributed by atoms with Gasteiger partial charge in [0, 0.05) is 10.6 Å². The Labute approximate surface area is 118 Å². The van der Waals surface area contributed by atoms with Crippen LogP contribution < -0.4 is 5.32 Å². The topological polar surface area (TPSA) is 25.2 Å². The van der Waals surface area contributed by atoms with Gasteiger partial charge in [0.05, 0.1) is 12.3 Å². The van der Waals surface area contributed by atoms with Crippen molar-refractivity contribution in [1.82, 2.24) is 5.32 Å². The molecule has 0 aliphatic rings. The second-order valence-corrected chi connectivity index (χ2v) is 5.12. The molecule has 96 valence electrons. The van der Waals surface area contributed by atoms with E-state index >= 15 is 0 Å². The van der Waals surface area contributed by atoms with Crippen molar-refractivity contribution in [3.8, 4) is 0 Å². The van der Waals surface area contributed by atoms with Crippen LogP contribution in [0.2, 0.25) is 5.02 Å². The quantitative estimate of drug-likeness (QED) is 0.898. The number of hydrogen-bond acceptors (Lipinski definition) is 2. The third-order valence-corrected chi connectivity index (χ3v) is 3.81. The fourth-order valence-corrected chi connectivity index (χ4v) is 2.62. The molecule has 0 saturated heterocycles. The highest BCUT2D eigenvalue weighted by molar-refractivity contribution is 9.10. The van der Waals surface area contributed by atoms with Crippen LogP contribution in [-0.2, 0) is 0 Å². The highest BCUT2D eigenvalue weighted by Gasteiger charge is 2.20. The Kier molecular flexibility index (Phi) is 4.10. The molecule has 2 rings (SSSR count). The molecule has 0 fully saturated rings. The fourth-order valence-electron chi connectivity index (χ4n) is 1.89. The Bertz CT molecular complexity index is 570. The van der Waals surface area contributed by atoms with Crippen molar-refractivity contribution in [3.05, 3.63) is 56.7 Å². The third kappa shape index (κ3) is 2.46. The second-order valence-electron chi connectivity index (χ2n) is 3.99. The van der Waals surface area contributed by atoms with Crippen LogP contribution in [0.15, 0.2) is 33.5 Å². The lowest BCUT2D eigenvalue weighted by Crippen LogP contribution is -2.18. The maximum absolute atomic E-state index is 13.4. The highest BCUT2D eigenvalue weighted by atomic mass is 79.9. The zero-order valence-corrected chi connectivity index (χ0v) is 12.3. The molecule has 5 heteroatoms. The molecule has 0 bridgehead atoms. The van der Waals surface area contributed by atoms with Crippen molar-refractivity contribution < 1.29 is 8.81 Å². The summed E-state index contributed by atoms with van der Waals surface area (Å²) < 4.78 is 19.3. The largest absolute Gasteiger partial charge is 0.457 e. The van der Waals surface area contributed by atoms with Crippen LogP contribution in [0.3, 0.4) is 0 Å². The average molecular weight is 333 g/mol. The van der Waals surface area contributed by atoms with E-state index in [1.54, 1.807) is 19.3 Å². The molecular weight excluding hydrogens is 321 g/mol. The van der Waals surface area contributed by atoms with Crippen LogP contribution in [0.5, 0.6) is 0 Å². The van der Waals surface area contributed by atoms with E-state index in [1.165, 1.54) is 6.07 Å². The Hall–Kier alpha value is -0.840. The number of furan rings is 1. The van der Waals surface area contributed by atoms with Crippen molar-refractivity contribution >= 4 is 27.5 Å². The number of rotatable bonds is 3. The minimum absolute atomic E-state index is 0.148. The van der Waals surface area contributed by atoms with Gasteiger partial charge in [0.15, 0.2) is 4.67 Å². The van der Waals surface area contributed by atoms with Crippen LogP contribution in [0, 0.1) is 12.7 Å². The predicted octanol–water partition coefficient (Wildman–Crippen LogP) is 4.45. The van der Waals surface area contributed by atoms with Gasteiger partial charge in [-0.25, -0.2) is 4.39 Å². The van der Waals surface area contributed by atoms with E-state index in [9.17, 15) is 4.39 Å². The molecular formula is C13H12BrClFNO. The van der Waals surface area contributed by atoms with E-state index in [2.05, 4.69) is 21.2 Å². The van der Waals surface area contributed by atoms with Gasteiger partial charge < -0.3 is 9.73 Å². The number of nitrogens with one attached hydrogen (secondary N) is 1. The van der Waals surface area contributed by atoms with E-state index < -0.39 is 0 Å². The molecule has 0 saturated carbocycles. The Morgan fingerprint density at radius 1 is 1.39 bits per heavy atom. The van der Waals surface area contributed by atoms with Gasteiger partial charge in [-0.2, -0.15) is 0 Å². The first kappa shape index (κ1) is 13.6. The minimum atomic E-state index is -0.301. The molecule has 1 N–H and O–H groups in total. The van der Waals surface area contributed by atoms with Gasteiger partial charge in [-0.3, -0.25) is 0 Å². The zero-order chi connectivity index (χ0) is 13.3. The van der Waals surface area contributed by atoms with Crippen molar-refractivity contribution in [3.63, 3.8) is 0 Å². The summed E-state index contributed by atoms with van der Waals surface area (Å²) >= 11 is 9.46. The van der Waals surface area contributed by atoms with Gasteiger partial charge >= 0.3 is 0 Å². The lowest BCUT2D eigenvalue weighted by atomic mass is 9.99. The predicted molar refractivity (Wildman–Crippen MR) is 73.5 cm³/mol. The molecule has 0 radical (unpaired) electrons. The Morgan fingerprint density at radius 2 is 2.11 bits per heavy atom. The Morgan fingerprint density at radius 3 is 2.67 bits per heavy atom. The van der Waals surface area contributed by atoms with Crippen LogP contribution >= 0.6 is 27.5 Å². The SMILES string of the molecule is CNC(c1cc(C)c(F)cc1Cl)c1ccoc1Br.